The van der Waals surface area contributed by atoms with Crippen LogP contribution in [0.4, 0.5) is 13.2 Å². The van der Waals surface area contributed by atoms with Crippen molar-refractivity contribution in [3.05, 3.63) is 29.6 Å². The van der Waals surface area contributed by atoms with Crippen LogP contribution in [-0.4, -0.2) is 30.5 Å². The van der Waals surface area contributed by atoms with Gasteiger partial charge in [0.2, 0.25) is 0 Å². The zero-order valence-electron chi connectivity index (χ0n) is 10.4. The summed E-state index contributed by atoms with van der Waals surface area (Å²) >= 11 is 0. The molecule has 0 saturated carbocycles. The average Bonchev–Trinajstić information content (AvgIpc) is 2.37. The molecule has 0 aliphatic rings. The van der Waals surface area contributed by atoms with Crippen LogP contribution >= 0.6 is 0 Å². The van der Waals surface area contributed by atoms with Crippen LogP contribution in [0.15, 0.2) is 18.5 Å². The standard InChI is InChI=1S/C12H15F3N2O2/c1-19-6-2-3-10(16)11(18)8-7-17-5-4-9(8)12(13,14)15/h4-5,7,10H,2-3,6,16H2,1H3. The first-order valence-corrected chi connectivity index (χ1v) is 5.68. The Morgan fingerprint density at radius 2 is 2.21 bits per heavy atom. The molecule has 2 N–H and O–H groups in total. The first kappa shape index (κ1) is 15.6. The first-order valence-electron chi connectivity index (χ1n) is 5.68. The summed E-state index contributed by atoms with van der Waals surface area (Å²) in [6, 6.07) is -0.213. The maximum Gasteiger partial charge on any atom is 0.417 e. The molecule has 0 bridgehead atoms. The van der Waals surface area contributed by atoms with Gasteiger partial charge in [0.15, 0.2) is 5.78 Å². The zero-order chi connectivity index (χ0) is 14.5. The minimum absolute atomic E-state index is 0.263. The number of methoxy groups -OCH3 is 1. The normalized spacial score (nSPS) is 13.3. The Bertz CT molecular complexity index is 435. The Hall–Kier alpha value is -1.47. The van der Waals surface area contributed by atoms with E-state index in [1.807, 2.05) is 0 Å². The molecular formula is C12H15F3N2O2. The Kier molecular flexibility index (Phi) is 5.44. The van der Waals surface area contributed by atoms with E-state index in [-0.39, 0.29) is 6.42 Å². The van der Waals surface area contributed by atoms with Crippen molar-refractivity contribution >= 4 is 5.78 Å². The fourth-order valence-corrected chi connectivity index (χ4v) is 1.62. The number of ether oxygens (including phenoxy) is 1. The van der Waals surface area contributed by atoms with Crippen molar-refractivity contribution in [1.29, 1.82) is 0 Å². The van der Waals surface area contributed by atoms with Gasteiger partial charge in [-0.25, -0.2) is 0 Å². The molecule has 0 spiro atoms. The van der Waals surface area contributed by atoms with Gasteiger partial charge in [-0.2, -0.15) is 13.2 Å². The minimum atomic E-state index is -4.60. The Morgan fingerprint density at radius 3 is 2.79 bits per heavy atom. The quantitative estimate of drug-likeness (QED) is 0.638. The number of Topliss-reactive ketones (excluding diaryl/α,β-unsaturated/α-hetero) is 1. The molecule has 0 radical (unpaired) electrons. The number of hydrogen-bond donors (Lipinski definition) is 1. The molecule has 0 aliphatic carbocycles. The van der Waals surface area contributed by atoms with Crippen LogP contribution in [0.25, 0.3) is 0 Å². The van der Waals surface area contributed by atoms with E-state index in [1.54, 1.807) is 0 Å². The van der Waals surface area contributed by atoms with E-state index in [2.05, 4.69) is 4.98 Å². The number of carbonyl (C=O) groups excluding carboxylic acids is 1. The van der Waals surface area contributed by atoms with E-state index in [9.17, 15) is 18.0 Å². The monoisotopic (exact) mass is 276 g/mol. The van der Waals surface area contributed by atoms with Gasteiger partial charge in [0.25, 0.3) is 0 Å². The number of halogens is 3. The number of aromatic nitrogens is 1. The number of pyridine rings is 1. The molecule has 0 fully saturated rings. The summed E-state index contributed by atoms with van der Waals surface area (Å²) in [5, 5.41) is 0. The maximum atomic E-state index is 12.7. The van der Waals surface area contributed by atoms with Crippen LogP contribution in [-0.2, 0) is 10.9 Å². The predicted molar refractivity (Wildman–Crippen MR) is 62.7 cm³/mol. The highest BCUT2D eigenvalue weighted by molar-refractivity contribution is 6.01. The van der Waals surface area contributed by atoms with Crippen LogP contribution in [0, 0.1) is 0 Å². The SMILES string of the molecule is COCCCC(N)C(=O)c1cnccc1C(F)(F)F. The molecule has 7 heteroatoms. The van der Waals surface area contributed by atoms with Gasteiger partial charge in [-0.15, -0.1) is 0 Å². The molecule has 0 aliphatic heterocycles. The summed E-state index contributed by atoms with van der Waals surface area (Å²) in [7, 11) is 1.50. The van der Waals surface area contributed by atoms with E-state index in [0.29, 0.717) is 13.0 Å². The van der Waals surface area contributed by atoms with Crippen LogP contribution in [0.3, 0.4) is 0 Å². The van der Waals surface area contributed by atoms with Gasteiger partial charge < -0.3 is 10.5 Å². The molecule has 1 atom stereocenters. The third kappa shape index (κ3) is 4.29. The number of hydrogen-bond acceptors (Lipinski definition) is 4. The van der Waals surface area contributed by atoms with Gasteiger partial charge in [0.1, 0.15) is 0 Å². The second kappa shape index (κ2) is 6.63. The number of alkyl halides is 3. The van der Waals surface area contributed by atoms with E-state index in [4.69, 9.17) is 10.5 Å². The molecular weight excluding hydrogens is 261 g/mol. The highest BCUT2D eigenvalue weighted by Crippen LogP contribution is 2.31. The topological polar surface area (TPSA) is 65.2 Å². The third-order valence-electron chi connectivity index (χ3n) is 2.59. The van der Waals surface area contributed by atoms with Gasteiger partial charge >= 0.3 is 6.18 Å². The number of carbonyl (C=O) groups is 1. The second-order valence-corrected chi connectivity index (χ2v) is 4.02. The van der Waals surface area contributed by atoms with Crippen molar-refractivity contribution in [1.82, 2.24) is 4.98 Å². The first-order chi connectivity index (χ1) is 8.88. The van der Waals surface area contributed by atoms with Crippen LogP contribution in [0.1, 0.15) is 28.8 Å². The largest absolute Gasteiger partial charge is 0.417 e. The van der Waals surface area contributed by atoms with Crippen molar-refractivity contribution in [3.63, 3.8) is 0 Å². The summed E-state index contributed by atoms with van der Waals surface area (Å²) in [6.07, 6.45) is -1.93. The molecule has 1 unspecified atom stereocenters. The van der Waals surface area contributed by atoms with E-state index in [1.165, 1.54) is 7.11 Å². The van der Waals surface area contributed by atoms with Crippen LogP contribution in [0.5, 0.6) is 0 Å². The Morgan fingerprint density at radius 1 is 1.53 bits per heavy atom. The molecule has 1 heterocycles. The highest BCUT2D eigenvalue weighted by atomic mass is 19.4. The van der Waals surface area contributed by atoms with E-state index < -0.39 is 29.1 Å². The molecule has 0 saturated heterocycles. The fourth-order valence-electron chi connectivity index (χ4n) is 1.62. The van der Waals surface area contributed by atoms with Crippen molar-refractivity contribution in [2.75, 3.05) is 13.7 Å². The highest BCUT2D eigenvalue weighted by Gasteiger charge is 2.36. The molecule has 4 nitrogen and oxygen atoms in total. The van der Waals surface area contributed by atoms with Crippen molar-refractivity contribution in [2.24, 2.45) is 5.73 Å². The average molecular weight is 276 g/mol. The van der Waals surface area contributed by atoms with Gasteiger partial charge in [-0.1, -0.05) is 0 Å². The summed E-state index contributed by atoms with van der Waals surface area (Å²) < 4.78 is 43.0. The van der Waals surface area contributed by atoms with Gasteiger partial charge in [-0.05, 0) is 18.9 Å². The molecule has 0 aromatic carbocycles. The summed E-state index contributed by atoms with van der Waals surface area (Å²) in [4.78, 5) is 15.5. The summed E-state index contributed by atoms with van der Waals surface area (Å²) in [5.74, 6) is -0.753. The summed E-state index contributed by atoms with van der Waals surface area (Å²) in [5.41, 5.74) is 4.11. The van der Waals surface area contributed by atoms with Gasteiger partial charge in [0.05, 0.1) is 11.6 Å². The Labute approximate surface area is 108 Å². The molecule has 0 amide bonds. The Balaban J connectivity index is 2.88. The van der Waals surface area contributed by atoms with Crippen molar-refractivity contribution < 1.29 is 22.7 Å². The number of rotatable bonds is 6. The molecule has 1 aromatic heterocycles. The lowest BCUT2D eigenvalue weighted by molar-refractivity contribution is -0.138. The fraction of sp³-hybridized carbons (Fsp3) is 0.500. The van der Waals surface area contributed by atoms with E-state index >= 15 is 0 Å². The van der Waals surface area contributed by atoms with Crippen molar-refractivity contribution in [3.8, 4) is 0 Å². The smallest absolute Gasteiger partial charge is 0.385 e. The number of ketones is 1. The number of nitrogens with two attached hydrogens (primary N) is 1. The van der Waals surface area contributed by atoms with Crippen LogP contribution in [0.2, 0.25) is 0 Å². The molecule has 106 valence electrons. The third-order valence-corrected chi connectivity index (χ3v) is 2.59. The molecule has 1 rings (SSSR count). The number of nitrogens with zero attached hydrogens (tertiary/aromatic N) is 1. The predicted octanol–water partition coefficient (Wildman–Crippen LogP) is 2.04. The lowest BCUT2D eigenvalue weighted by Crippen LogP contribution is -2.32. The second-order valence-electron chi connectivity index (χ2n) is 4.02. The zero-order valence-corrected chi connectivity index (χ0v) is 10.4. The van der Waals surface area contributed by atoms with Crippen LogP contribution < -0.4 is 5.73 Å². The molecule has 1 aromatic rings. The van der Waals surface area contributed by atoms with Gasteiger partial charge in [0, 0.05) is 31.7 Å². The minimum Gasteiger partial charge on any atom is -0.385 e. The molecule has 19 heavy (non-hydrogen) atoms. The van der Waals surface area contributed by atoms with Crippen molar-refractivity contribution in [2.45, 2.75) is 25.1 Å². The maximum absolute atomic E-state index is 12.7. The van der Waals surface area contributed by atoms with Gasteiger partial charge in [-0.3, -0.25) is 9.78 Å². The summed E-state index contributed by atoms with van der Waals surface area (Å²) in [6.45, 7) is 0.403. The van der Waals surface area contributed by atoms with E-state index in [0.717, 1.165) is 18.5 Å². The lowest BCUT2D eigenvalue weighted by Gasteiger charge is -2.14. The lowest BCUT2D eigenvalue weighted by atomic mass is 9.98.